The molecule has 1 amide bonds. The highest BCUT2D eigenvalue weighted by atomic mass is 32.1. The van der Waals surface area contributed by atoms with E-state index in [2.05, 4.69) is 30.2 Å². The van der Waals surface area contributed by atoms with Gasteiger partial charge in [0.1, 0.15) is 5.69 Å². The molecular formula is C22H19N3O3S. The first-order chi connectivity index (χ1) is 14.0. The first kappa shape index (κ1) is 19.0. The average molecular weight is 405 g/mol. The number of amides is 1. The smallest absolute Gasteiger partial charge is 0.271 e. The van der Waals surface area contributed by atoms with E-state index in [1.54, 1.807) is 12.1 Å². The SMILES string of the molecule is CC(C)c1nc(C(=O)NCc2ccc3c(c2)OCO3)c(-c2ccc(C#N)cc2)s1. The van der Waals surface area contributed by atoms with Crippen LogP contribution < -0.4 is 14.8 Å². The number of nitrogens with one attached hydrogen (secondary N) is 1. The highest BCUT2D eigenvalue weighted by Crippen LogP contribution is 2.34. The second-order valence-electron chi connectivity index (χ2n) is 6.94. The molecule has 1 aromatic heterocycles. The van der Waals surface area contributed by atoms with Crippen molar-refractivity contribution in [1.29, 1.82) is 5.26 Å². The molecule has 0 radical (unpaired) electrons. The third kappa shape index (κ3) is 3.93. The Hall–Kier alpha value is -3.37. The number of hydrogen-bond acceptors (Lipinski definition) is 6. The van der Waals surface area contributed by atoms with Crippen LogP contribution in [0.1, 0.15) is 46.4 Å². The van der Waals surface area contributed by atoms with E-state index in [1.165, 1.54) is 11.3 Å². The predicted molar refractivity (Wildman–Crippen MR) is 110 cm³/mol. The van der Waals surface area contributed by atoms with Crippen molar-refractivity contribution in [2.45, 2.75) is 26.3 Å². The van der Waals surface area contributed by atoms with Gasteiger partial charge in [-0.1, -0.05) is 32.0 Å². The van der Waals surface area contributed by atoms with Gasteiger partial charge in [0.25, 0.3) is 5.91 Å². The second-order valence-corrected chi connectivity index (χ2v) is 7.97. The molecule has 29 heavy (non-hydrogen) atoms. The van der Waals surface area contributed by atoms with E-state index in [0.29, 0.717) is 29.3 Å². The van der Waals surface area contributed by atoms with E-state index in [0.717, 1.165) is 21.0 Å². The zero-order valence-corrected chi connectivity index (χ0v) is 16.9. The molecule has 7 heteroatoms. The van der Waals surface area contributed by atoms with Gasteiger partial charge in [0.15, 0.2) is 11.5 Å². The molecule has 2 aromatic carbocycles. The lowest BCUT2D eigenvalue weighted by Gasteiger charge is -2.07. The molecule has 0 unspecified atom stereocenters. The molecule has 0 saturated heterocycles. The highest BCUT2D eigenvalue weighted by Gasteiger charge is 2.21. The van der Waals surface area contributed by atoms with Crippen molar-refractivity contribution in [2.75, 3.05) is 6.79 Å². The number of benzene rings is 2. The van der Waals surface area contributed by atoms with Crippen LogP contribution in [0.5, 0.6) is 11.5 Å². The number of rotatable bonds is 5. The van der Waals surface area contributed by atoms with Gasteiger partial charge in [-0.3, -0.25) is 4.79 Å². The lowest BCUT2D eigenvalue weighted by molar-refractivity contribution is 0.0947. The van der Waals surface area contributed by atoms with Crippen molar-refractivity contribution in [2.24, 2.45) is 0 Å². The Balaban J connectivity index is 1.57. The summed E-state index contributed by atoms with van der Waals surface area (Å²) >= 11 is 1.51. The van der Waals surface area contributed by atoms with Gasteiger partial charge in [-0.25, -0.2) is 4.98 Å². The maximum atomic E-state index is 12.9. The Morgan fingerprint density at radius 2 is 1.97 bits per heavy atom. The monoisotopic (exact) mass is 405 g/mol. The van der Waals surface area contributed by atoms with Crippen molar-refractivity contribution in [3.05, 3.63) is 64.3 Å². The van der Waals surface area contributed by atoms with Gasteiger partial charge >= 0.3 is 0 Å². The lowest BCUT2D eigenvalue weighted by atomic mass is 10.1. The Labute approximate surface area is 172 Å². The molecule has 0 atom stereocenters. The molecule has 2 heterocycles. The van der Waals surface area contributed by atoms with Crippen molar-refractivity contribution in [3.63, 3.8) is 0 Å². The van der Waals surface area contributed by atoms with Gasteiger partial charge < -0.3 is 14.8 Å². The van der Waals surface area contributed by atoms with E-state index in [-0.39, 0.29) is 18.6 Å². The van der Waals surface area contributed by atoms with Gasteiger partial charge in [0.2, 0.25) is 6.79 Å². The maximum absolute atomic E-state index is 12.9. The summed E-state index contributed by atoms with van der Waals surface area (Å²) in [5, 5.41) is 12.9. The number of fused-ring (bicyclic) bond motifs is 1. The van der Waals surface area contributed by atoms with Crippen LogP contribution in [0.4, 0.5) is 0 Å². The van der Waals surface area contributed by atoms with Crippen LogP contribution in [0, 0.1) is 11.3 Å². The Morgan fingerprint density at radius 1 is 1.21 bits per heavy atom. The Kier molecular flexibility index (Phi) is 5.19. The molecule has 6 nitrogen and oxygen atoms in total. The largest absolute Gasteiger partial charge is 0.454 e. The molecule has 4 rings (SSSR count). The minimum Gasteiger partial charge on any atom is -0.454 e. The van der Waals surface area contributed by atoms with Gasteiger partial charge in [0.05, 0.1) is 21.5 Å². The van der Waals surface area contributed by atoms with Crippen LogP contribution in [-0.4, -0.2) is 17.7 Å². The predicted octanol–water partition coefficient (Wildman–Crippen LogP) is 4.46. The third-order valence-electron chi connectivity index (χ3n) is 4.52. The summed E-state index contributed by atoms with van der Waals surface area (Å²) in [6.07, 6.45) is 0. The summed E-state index contributed by atoms with van der Waals surface area (Å²) in [6, 6.07) is 14.9. The number of ether oxygens (including phenoxy) is 2. The summed E-state index contributed by atoms with van der Waals surface area (Å²) in [7, 11) is 0. The molecule has 0 saturated carbocycles. The Morgan fingerprint density at radius 3 is 2.69 bits per heavy atom. The van der Waals surface area contributed by atoms with Crippen LogP contribution in [0.3, 0.4) is 0 Å². The van der Waals surface area contributed by atoms with E-state index >= 15 is 0 Å². The van der Waals surface area contributed by atoms with Crippen LogP contribution in [-0.2, 0) is 6.54 Å². The van der Waals surface area contributed by atoms with E-state index < -0.39 is 0 Å². The summed E-state index contributed by atoms with van der Waals surface area (Å²) in [5.41, 5.74) is 2.78. The second kappa shape index (κ2) is 7.94. The molecule has 0 aliphatic carbocycles. The van der Waals surface area contributed by atoms with Crippen molar-refractivity contribution >= 4 is 17.2 Å². The molecule has 0 bridgehead atoms. The number of nitrogens with zero attached hydrogens (tertiary/aromatic N) is 2. The van der Waals surface area contributed by atoms with Crippen molar-refractivity contribution in [1.82, 2.24) is 10.3 Å². The fourth-order valence-corrected chi connectivity index (χ4v) is 4.02. The van der Waals surface area contributed by atoms with E-state index in [4.69, 9.17) is 14.7 Å². The number of nitriles is 1. The molecule has 146 valence electrons. The summed E-state index contributed by atoms with van der Waals surface area (Å²) in [6.45, 7) is 4.68. The number of hydrogen-bond donors (Lipinski definition) is 1. The summed E-state index contributed by atoms with van der Waals surface area (Å²) in [4.78, 5) is 18.3. The fraction of sp³-hybridized carbons (Fsp3) is 0.227. The third-order valence-corrected chi connectivity index (χ3v) is 5.92. The number of thiazole rings is 1. The van der Waals surface area contributed by atoms with Crippen LogP contribution >= 0.6 is 11.3 Å². The van der Waals surface area contributed by atoms with E-state index in [9.17, 15) is 4.79 Å². The molecule has 3 aromatic rings. The molecule has 1 aliphatic heterocycles. The topological polar surface area (TPSA) is 84.2 Å². The van der Waals surface area contributed by atoms with Crippen LogP contribution in [0.25, 0.3) is 10.4 Å². The van der Waals surface area contributed by atoms with Gasteiger partial charge in [-0.15, -0.1) is 11.3 Å². The zero-order valence-electron chi connectivity index (χ0n) is 16.1. The molecule has 0 fully saturated rings. The number of carbonyl (C=O) groups is 1. The minimum atomic E-state index is -0.231. The summed E-state index contributed by atoms with van der Waals surface area (Å²) < 4.78 is 10.7. The Bertz CT molecular complexity index is 1100. The van der Waals surface area contributed by atoms with Crippen molar-refractivity contribution < 1.29 is 14.3 Å². The fourth-order valence-electron chi connectivity index (χ4n) is 2.95. The average Bonchev–Trinajstić information content (AvgIpc) is 3.39. The van der Waals surface area contributed by atoms with E-state index in [1.807, 2.05) is 30.3 Å². The molecule has 1 N–H and O–H groups in total. The quantitative estimate of drug-likeness (QED) is 0.677. The zero-order chi connectivity index (χ0) is 20.4. The normalized spacial score (nSPS) is 12.1. The van der Waals surface area contributed by atoms with Crippen LogP contribution in [0.2, 0.25) is 0 Å². The van der Waals surface area contributed by atoms with Crippen LogP contribution in [0.15, 0.2) is 42.5 Å². The number of carbonyl (C=O) groups excluding carboxylic acids is 1. The van der Waals surface area contributed by atoms with Gasteiger partial charge in [-0.05, 0) is 35.4 Å². The molecular weight excluding hydrogens is 386 g/mol. The standard InChI is InChI=1S/C22H19N3O3S/c1-13(2)22-25-19(20(29-22)16-6-3-14(10-23)4-7-16)21(26)24-11-15-5-8-17-18(9-15)28-12-27-17/h3-9,13H,11-12H2,1-2H3,(H,24,26). The van der Waals surface area contributed by atoms with Gasteiger partial charge in [0, 0.05) is 12.5 Å². The minimum absolute atomic E-state index is 0.215. The highest BCUT2D eigenvalue weighted by molar-refractivity contribution is 7.15. The molecule has 0 spiro atoms. The first-order valence-electron chi connectivity index (χ1n) is 9.23. The first-order valence-corrected chi connectivity index (χ1v) is 10.0. The molecule has 1 aliphatic rings. The lowest BCUT2D eigenvalue weighted by Crippen LogP contribution is -2.23. The number of aromatic nitrogens is 1. The summed E-state index contributed by atoms with van der Waals surface area (Å²) in [5.74, 6) is 1.38. The van der Waals surface area contributed by atoms with Gasteiger partial charge in [-0.2, -0.15) is 5.26 Å². The maximum Gasteiger partial charge on any atom is 0.271 e. The van der Waals surface area contributed by atoms with Crippen molar-refractivity contribution in [3.8, 4) is 28.0 Å².